The van der Waals surface area contributed by atoms with Crippen LogP contribution in [-0.2, 0) is 13.1 Å². The summed E-state index contributed by atoms with van der Waals surface area (Å²) in [5, 5.41) is 2.97. The lowest BCUT2D eigenvalue weighted by atomic mass is 10.2. The fraction of sp³-hybridized carbons (Fsp3) is 0.400. The van der Waals surface area contributed by atoms with Crippen LogP contribution in [0.5, 0.6) is 0 Å². The fourth-order valence-corrected chi connectivity index (χ4v) is 13.5. The molecule has 0 spiro atoms. The van der Waals surface area contributed by atoms with Gasteiger partial charge in [-0.1, -0.05) is 72.0 Å². The summed E-state index contributed by atoms with van der Waals surface area (Å²) in [6, 6.07) is 17.8. The standard InChI is InChI=1S/C20H30ClN2Si2/c1-22(2)15-17-11-7-9-13-19(17)24(25(5,6)21)20-14-10-8-12-18(20)16-23(3)4/h7-14H,15-16H2,1-6H3. The number of rotatable bonds is 7. The van der Waals surface area contributed by atoms with Gasteiger partial charge in [-0.3, -0.25) is 0 Å². The summed E-state index contributed by atoms with van der Waals surface area (Å²) >= 11 is 7.14. The summed E-state index contributed by atoms with van der Waals surface area (Å²) in [6.07, 6.45) is 0. The number of halogens is 1. The van der Waals surface area contributed by atoms with E-state index < -0.39 is 15.2 Å². The van der Waals surface area contributed by atoms with Crippen LogP contribution in [-0.4, -0.2) is 53.2 Å². The van der Waals surface area contributed by atoms with Gasteiger partial charge in [0.05, 0.1) is 0 Å². The molecule has 2 aromatic carbocycles. The Hall–Kier alpha value is -0.916. The molecule has 0 aromatic heterocycles. The molecule has 0 bridgehead atoms. The molecule has 0 aliphatic rings. The Morgan fingerprint density at radius 2 is 1.12 bits per heavy atom. The highest BCUT2D eigenvalue weighted by atomic mass is 35.6. The van der Waals surface area contributed by atoms with Crippen LogP contribution in [0.2, 0.25) is 13.1 Å². The second kappa shape index (κ2) is 8.65. The summed E-state index contributed by atoms with van der Waals surface area (Å²) in [7, 11) is 7.51. The second-order valence-electron chi connectivity index (χ2n) is 7.64. The van der Waals surface area contributed by atoms with E-state index in [0.717, 1.165) is 13.1 Å². The Balaban J connectivity index is 2.61. The second-order valence-corrected chi connectivity index (χ2v) is 21.4. The molecule has 0 amide bonds. The maximum Gasteiger partial charge on any atom is 0.149 e. The summed E-state index contributed by atoms with van der Waals surface area (Å²) in [4.78, 5) is 4.49. The van der Waals surface area contributed by atoms with E-state index in [4.69, 9.17) is 11.1 Å². The number of nitrogens with zero attached hydrogens (tertiary/aromatic N) is 2. The van der Waals surface area contributed by atoms with E-state index in [1.165, 1.54) is 21.5 Å². The number of hydrogen-bond donors (Lipinski definition) is 0. The highest BCUT2D eigenvalue weighted by Crippen LogP contribution is 2.17. The van der Waals surface area contributed by atoms with E-state index in [-0.39, 0.29) is 0 Å². The minimum atomic E-state index is -1.90. The highest BCUT2D eigenvalue weighted by Gasteiger charge is 2.37. The van der Waals surface area contributed by atoms with Crippen molar-refractivity contribution in [2.45, 2.75) is 26.2 Å². The molecule has 0 heterocycles. The Bertz CT molecular complexity index is 643. The van der Waals surface area contributed by atoms with Crippen molar-refractivity contribution in [3.05, 3.63) is 59.7 Å². The minimum absolute atomic E-state index is 0.960. The molecule has 2 aromatic rings. The van der Waals surface area contributed by atoms with Crippen molar-refractivity contribution in [1.82, 2.24) is 9.80 Å². The lowest BCUT2D eigenvalue weighted by Gasteiger charge is -2.30. The monoisotopic (exact) mass is 389 g/mol. The third-order valence-corrected chi connectivity index (χ3v) is 14.3. The van der Waals surface area contributed by atoms with E-state index >= 15 is 0 Å². The maximum absolute atomic E-state index is 7.14. The van der Waals surface area contributed by atoms with Gasteiger partial charge in [0.1, 0.15) is 15.2 Å². The van der Waals surface area contributed by atoms with Crippen molar-refractivity contribution >= 4 is 36.7 Å². The Morgan fingerprint density at radius 1 is 0.760 bits per heavy atom. The molecule has 0 aliphatic heterocycles. The smallest absolute Gasteiger partial charge is 0.149 e. The lowest BCUT2D eigenvalue weighted by molar-refractivity contribution is 0.403. The van der Waals surface area contributed by atoms with Gasteiger partial charge in [-0.05, 0) is 39.3 Å². The van der Waals surface area contributed by atoms with Crippen LogP contribution in [0.25, 0.3) is 0 Å². The van der Waals surface area contributed by atoms with Gasteiger partial charge in [-0.2, -0.15) is 11.1 Å². The third kappa shape index (κ3) is 5.53. The van der Waals surface area contributed by atoms with Crippen LogP contribution in [0.4, 0.5) is 0 Å². The number of benzene rings is 2. The van der Waals surface area contributed by atoms with Gasteiger partial charge in [0.25, 0.3) is 0 Å². The molecule has 5 heteroatoms. The molecule has 0 N–H and O–H groups in total. The van der Waals surface area contributed by atoms with E-state index in [2.05, 4.69) is 99.6 Å². The van der Waals surface area contributed by atoms with E-state index in [1.54, 1.807) is 0 Å². The van der Waals surface area contributed by atoms with Crippen LogP contribution in [0.1, 0.15) is 11.1 Å². The van der Waals surface area contributed by atoms with Gasteiger partial charge in [0, 0.05) is 13.1 Å². The molecule has 0 fully saturated rings. The van der Waals surface area contributed by atoms with Gasteiger partial charge in [0.2, 0.25) is 0 Å². The number of hydrogen-bond acceptors (Lipinski definition) is 2. The quantitative estimate of drug-likeness (QED) is 0.530. The Morgan fingerprint density at radius 3 is 1.44 bits per heavy atom. The van der Waals surface area contributed by atoms with Crippen molar-refractivity contribution in [1.29, 1.82) is 0 Å². The normalized spacial score (nSPS) is 12.4. The molecule has 0 atom stereocenters. The van der Waals surface area contributed by atoms with Crippen LogP contribution in [0.3, 0.4) is 0 Å². The highest BCUT2D eigenvalue weighted by molar-refractivity contribution is 7.58. The zero-order valence-electron chi connectivity index (χ0n) is 16.3. The molecular formula is C20H30ClN2Si2. The molecular weight excluding hydrogens is 360 g/mol. The van der Waals surface area contributed by atoms with Gasteiger partial charge < -0.3 is 9.80 Å². The topological polar surface area (TPSA) is 6.48 Å². The van der Waals surface area contributed by atoms with Gasteiger partial charge in [-0.15, -0.1) is 0 Å². The Kier molecular flexibility index (Phi) is 7.05. The summed E-state index contributed by atoms with van der Waals surface area (Å²) < 4.78 is 0. The third-order valence-electron chi connectivity index (χ3n) is 4.14. The predicted octanol–water partition coefficient (Wildman–Crippen LogP) is 2.94. The average Bonchev–Trinajstić information content (AvgIpc) is 2.48. The van der Waals surface area contributed by atoms with Crippen LogP contribution in [0, 0.1) is 0 Å². The molecule has 1 radical (unpaired) electrons. The van der Waals surface area contributed by atoms with E-state index in [9.17, 15) is 0 Å². The van der Waals surface area contributed by atoms with Crippen LogP contribution < -0.4 is 10.4 Å². The van der Waals surface area contributed by atoms with E-state index in [0.29, 0.717) is 0 Å². The van der Waals surface area contributed by atoms with Crippen molar-refractivity contribution in [3.63, 3.8) is 0 Å². The largest absolute Gasteiger partial charge is 0.305 e. The molecule has 2 rings (SSSR count). The van der Waals surface area contributed by atoms with Crippen LogP contribution in [0.15, 0.2) is 48.5 Å². The maximum atomic E-state index is 7.14. The van der Waals surface area contributed by atoms with Crippen molar-refractivity contribution in [3.8, 4) is 0 Å². The Labute approximate surface area is 160 Å². The van der Waals surface area contributed by atoms with Crippen LogP contribution >= 0.6 is 11.1 Å². The van der Waals surface area contributed by atoms with E-state index in [1.807, 2.05) is 0 Å². The molecule has 0 saturated heterocycles. The van der Waals surface area contributed by atoms with Gasteiger partial charge in [0.15, 0.2) is 0 Å². The first-order chi connectivity index (χ1) is 11.7. The van der Waals surface area contributed by atoms with Crippen molar-refractivity contribution < 1.29 is 0 Å². The molecule has 0 saturated carbocycles. The SMILES string of the molecule is CN(C)Cc1ccccc1[Si](c1ccccc1CN(C)C)[Si](C)(C)Cl. The van der Waals surface area contributed by atoms with Gasteiger partial charge >= 0.3 is 0 Å². The zero-order chi connectivity index (χ0) is 18.6. The average molecular weight is 390 g/mol. The van der Waals surface area contributed by atoms with Crippen molar-refractivity contribution in [2.24, 2.45) is 0 Å². The molecule has 0 aliphatic carbocycles. The molecule has 25 heavy (non-hydrogen) atoms. The summed E-state index contributed by atoms with van der Waals surface area (Å²) in [5.74, 6) is 0. The lowest BCUT2D eigenvalue weighted by Crippen LogP contribution is -2.60. The molecule has 2 nitrogen and oxygen atoms in total. The first-order valence-electron chi connectivity index (χ1n) is 8.72. The van der Waals surface area contributed by atoms with Gasteiger partial charge in [-0.25, -0.2) is 0 Å². The zero-order valence-corrected chi connectivity index (χ0v) is 19.1. The van der Waals surface area contributed by atoms with Crippen molar-refractivity contribution in [2.75, 3.05) is 28.2 Å². The first-order valence-corrected chi connectivity index (χ1v) is 15.2. The fourth-order valence-electron chi connectivity index (χ4n) is 3.27. The predicted molar refractivity (Wildman–Crippen MR) is 116 cm³/mol. The molecule has 135 valence electrons. The summed E-state index contributed by atoms with van der Waals surface area (Å²) in [6.45, 7) is 4.64. The molecule has 0 unspecified atom stereocenters. The minimum Gasteiger partial charge on any atom is -0.305 e. The first kappa shape index (κ1) is 20.4. The summed E-state index contributed by atoms with van der Waals surface area (Å²) in [5.41, 5.74) is 2.84.